The number of thioether (sulfide) groups is 2. The highest BCUT2D eigenvalue weighted by molar-refractivity contribution is 7.99. The summed E-state index contributed by atoms with van der Waals surface area (Å²) >= 11 is 11.9. The van der Waals surface area contributed by atoms with Gasteiger partial charge in [-0.15, -0.1) is 15.0 Å². The first-order chi connectivity index (χ1) is 26.9. The van der Waals surface area contributed by atoms with Crippen LogP contribution in [0.2, 0.25) is 0 Å². The molecule has 0 radical (unpaired) electrons. The first kappa shape index (κ1) is 50.8. The van der Waals surface area contributed by atoms with Gasteiger partial charge in [0.25, 0.3) is 0 Å². The average molecular weight is 862 g/mol. The number of hydrogen-bond acceptors (Lipinski definition) is 15. The summed E-state index contributed by atoms with van der Waals surface area (Å²) in [5.74, 6) is 5.88. The molecule has 0 aliphatic carbocycles. The summed E-state index contributed by atoms with van der Waals surface area (Å²) in [4.78, 5) is 13.3. The van der Waals surface area contributed by atoms with Crippen molar-refractivity contribution in [1.29, 1.82) is 0 Å². The van der Waals surface area contributed by atoms with Gasteiger partial charge >= 0.3 is 18.0 Å². The van der Waals surface area contributed by atoms with Gasteiger partial charge < -0.3 is 38.3 Å². The summed E-state index contributed by atoms with van der Waals surface area (Å²) in [5, 5.41) is 11.2. The monoisotopic (exact) mass is 861 g/mol. The highest BCUT2D eigenvalue weighted by atomic mass is 32.2. The third-order valence-corrected chi connectivity index (χ3v) is 10.9. The average Bonchev–Trinajstić information content (AvgIpc) is 3.14. The minimum atomic E-state index is -0.157. The summed E-state index contributed by atoms with van der Waals surface area (Å²) in [5.41, 5.74) is 2.94. The van der Waals surface area contributed by atoms with Crippen molar-refractivity contribution in [3.63, 3.8) is 0 Å². The van der Waals surface area contributed by atoms with Crippen molar-refractivity contribution in [2.24, 2.45) is 0 Å². The fourth-order valence-corrected chi connectivity index (χ4v) is 7.13. The number of rotatable bonds is 33. The molecule has 11 nitrogen and oxygen atoms in total. The van der Waals surface area contributed by atoms with Gasteiger partial charge in [0, 0.05) is 23.0 Å². The fourth-order valence-electron chi connectivity index (χ4n) is 5.34. The smallest absolute Gasteiger partial charge is 0.325 e. The molecule has 0 saturated carbocycles. The molecular formula is C41H71N3O8S4. The normalized spacial score (nSPS) is 12.6. The van der Waals surface area contributed by atoms with Crippen LogP contribution >= 0.6 is 48.8 Å². The second-order valence-electron chi connectivity index (χ2n) is 15.4. The summed E-state index contributed by atoms with van der Waals surface area (Å²) in [6, 6.07) is 4.99. The zero-order valence-corrected chi connectivity index (χ0v) is 38.6. The van der Waals surface area contributed by atoms with E-state index in [4.69, 9.17) is 33.2 Å². The number of aromatic hydroxyl groups is 1. The number of ether oxygens (including phenoxy) is 7. The lowest BCUT2D eigenvalue weighted by atomic mass is 9.77. The Hall–Kier alpha value is -1.33. The lowest BCUT2D eigenvalue weighted by molar-refractivity contribution is 0.0606. The van der Waals surface area contributed by atoms with Crippen LogP contribution in [-0.4, -0.2) is 127 Å². The van der Waals surface area contributed by atoms with Crippen molar-refractivity contribution in [2.45, 2.75) is 97.3 Å². The van der Waals surface area contributed by atoms with Crippen LogP contribution in [0, 0.1) is 0 Å². The predicted octanol–water partition coefficient (Wildman–Crippen LogP) is 8.46. The molecule has 0 amide bonds. The van der Waals surface area contributed by atoms with E-state index in [1.54, 1.807) is 0 Å². The molecule has 0 saturated heterocycles. The fraction of sp³-hybridized carbons (Fsp3) is 0.780. The molecule has 0 aliphatic rings. The Morgan fingerprint density at radius 3 is 1.34 bits per heavy atom. The number of nitrogens with zero attached hydrogens (tertiary/aromatic N) is 3. The number of benzene rings is 1. The third-order valence-electron chi connectivity index (χ3n) is 8.44. The second kappa shape index (κ2) is 29.8. The van der Waals surface area contributed by atoms with E-state index < -0.39 is 0 Å². The lowest BCUT2D eigenvalue weighted by Gasteiger charge is -2.29. The van der Waals surface area contributed by atoms with E-state index in [1.165, 1.54) is 5.56 Å². The SMILES string of the molecule is CC(CCCCOc1nc(OCCCSCCOCCOCCS)nc(OCCCSCCOCCOCCS)n1)c1cc(C(C)(C)C)c(O)c(C(C)(C)C)c1. The van der Waals surface area contributed by atoms with Gasteiger partial charge in [-0.1, -0.05) is 60.6 Å². The number of phenols is 1. The van der Waals surface area contributed by atoms with Gasteiger partial charge in [-0.25, -0.2) is 0 Å². The maximum absolute atomic E-state index is 11.2. The summed E-state index contributed by atoms with van der Waals surface area (Å²) in [6.45, 7) is 21.7. The quantitative estimate of drug-likeness (QED) is 0.0471. The largest absolute Gasteiger partial charge is 0.507 e. The third kappa shape index (κ3) is 22.7. The number of unbranched alkanes of at least 4 members (excludes halogenated alkanes) is 1. The van der Waals surface area contributed by atoms with Crippen LogP contribution in [0.15, 0.2) is 12.1 Å². The van der Waals surface area contributed by atoms with Crippen LogP contribution in [0.4, 0.5) is 0 Å². The van der Waals surface area contributed by atoms with E-state index in [0.717, 1.165) is 77.7 Å². The lowest BCUT2D eigenvalue weighted by Crippen LogP contribution is -2.18. The van der Waals surface area contributed by atoms with E-state index >= 15 is 0 Å². The van der Waals surface area contributed by atoms with E-state index in [1.807, 2.05) is 23.5 Å². The molecule has 2 rings (SSSR count). The number of phenolic OH excluding ortho intramolecular Hbond substituents is 1. The van der Waals surface area contributed by atoms with Crippen LogP contribution in [0.5, 0.6) is 23.8 Å². The standard InChI is InChI=1S/C41H71N3O8S4/c1-32(33-30-34(40(2,3)4)36(45)35(31-33)41(5,6)7)12-8-9-13-50-37-42-38(51-14-10-26-55-28-22-48-18-16-46-20-24-53)44-39(43-37)52-15-11-27-56-29-23-49-19-17-47-21-25-54/h30-32,45,53-54H,8-29H2,1-7H3. The van der Waals surface area contributed by atoms with E-state index in [2.05, 4.69) is 101 Å². The van der Waals surface area contributed by atoms with Crippen LogP contribution in [-0.2, 0) is 29.8 Å². The van der Waals surface area contributed by atoms with Gasteiger partial charge in [0.15, 0.2) is 0 Å². The van der Waals surface area contributed by atoms with Crippen molar-refractivity contribution >= 4 is 48.8 Å². The van der Waals surface area contributed by atoms with Crippen molar-refractivity contribution < 1.29 is 38.3 Å². The second-order valence-corrected chi connectivity index (χ2v) is 18.8. The van der Waals surface area contributed by atoms with Crippen molar-refractivity contribution in [2.75, 3.05) is 107 Å². The zero-order chi connectivity index (χ0) is 41.1. The molecule has 0 fully saturated rings. The summed E-state index contributed by atoms with van der Waals surface area (Å²) < 4.78 is 39.8. The Kier molecular flexibility index (Phi) is 27.1. The number of thiol groups is 2. The topological polar surface area (TPSA) is 124 Å². The predicted molar refractivity (Wildman–Crippen MR) is 239 cm³/mol. The Labute approximate surface area is 357 Å². The molecule has 1 N–H and O–H groups in total. The first-order valence-corrected chi connectivity index (χ1v) is 23.6. The number of hydrogen-bond donors (Lipinski definition) is 3. The maximum Gasteiger partial charge on any atom is 0.325 e. The zero-order valence-electron chi connectivity index (χ0n) is 35.1. The summed E-state index contributed by atoms with van der Waals surface area (Å²) in [6.07, 6.45) is 4.47. The molecule has 2 aromatic rings. The van der Waals surface area contributed by atoms with Crippen molar-refractivity contribution in [3.8, 4) is 23.8 Å². The molecule has 1 heterocycles. The van der Waals surface area contributed by atoms with Gasteiger partial charge in [-0.2, -0.15) is 48.8 Å². The van der Waals surface area contributed by atoms with Gasteiger partial charge in [0.05, 0.1) is 72.7 Å². The molecule has 322 valence electrons. The first-order valence-electron chi connectivity index (χ1n) is 20.1. The van der Waals surface area contributed by atoms with E-state index in [0.29, 0.717) is 84.3 Å². The van der Waals surface area contributed by atoms with Crippen LogP contribution < -0.4 is 14.2 Å². The van der Waals surface area contributed by atoms with Crippen molar-refractivity contribution in [3.05, 3.63) is 28.8 Å². The minimum absolute atomic E-state index is 0.157. The maximum atomic E-state index is 11.2. The molecule has 1 aromatic heterocycles. The molecule has 1 unspecified atom stereocenters. The van der Waals surface area contributed by atoms with Gasteiger partial charge in [0.1, 0.15) is 5.75 Å². The number of aromatic nitrogens is 3. The highest BCUT2D eigenvalue weighted by Gasteiger charge is 2.27. The summed E-state index contributed by atoms with van der Waals surface area (Å²) in [7, 11) is 0. The van der Waals surface area contributed by atoms with Gasteiger partial charge in [-0.3, -0.25) is 0 Å². The molecule has 0 spiro atoms. The molecule has 0 bridgehead atoms. The Morgan fingerprint density at radius 2 is 0.946 bits per heavy atom. The van der Waals surface area contributed by atoms with Gasteiger partial charge in [0.2, 0.25) is 0 Å². The Morgan fingerprint density at radius 1 is 0.554 bits per heavy atom. The highest BCUT2D eigenvalue weighted by Crippen LogP contribution is 2.41. The molecule has 56 heavy (non-hydrogen) atoms. The van der Waals surface area contributed by atoms with E-state index in [-0.39, 0.29) is 28.9 Å². The van der Waals surface area contributed by atoms with Gasteiger partial charge in [-0.05, 0) is 77.0 Å². The van der Waals surface area contributed by atoms with Crippen molar-refractivity contribution in [1.82, 2.24) is 15.0 Å². The Balaban J connectivity index is 1.86. The molecule has 1 atom stereocenters. The molecule has 1 aromatic carbocycles. The van der Waals surface area contributed by atoms with E-state index in [9.17, 15) is 5.11 Å². The van der Waals surface area contributed by atoms with Crippen LogP contribution in [0.3, 0.4) is 0 Å². The molecular weight excluding hydrogens is 791 g/mol. The van der Waals surface area contributed by atoms with Crippen LogP contribution in [0.25, 0.3) is 0 Å². The molecule has 15 heteroatoms. The molecule has 0 aliphatic heterocycles. The Bertz CT molecular complexity index is 1240. The van der Waals surface area contributed by atoms with Crippen LogP contribution in [0.1, 0.15) is 103 Å². The minimum Gasteiger partial charge on any atom is -0.507 e.